The number of ketones is 1. The number of amides is 1. The molecule has 1 heterocycles. The second-order valence-corrected chi connectivity index (χ2v) is 7.72. The van der Waals surface area contributed by atoms with Crippen LogP contribution in [0.3, 0.4) is 0 Å². The number of rotatable bonds is 9. The van der Waals surface area contributed by atoms with Crippen molar-refractivity contribution in [3.05, 3.63) is 75.3 Å². The average Bonchev–Trinajstić information content (AvgIpc) is 3.04. The fourth-order valence-corrected chi connectivity index (χ4v) is 3.68. The molecular weight excluding hydrogens is 428 g/mol. The number of nitro groups is 1. The molecule has 1 saturated heterocycles. The first kappa shape index (κ1) is 23.9. The van der Waals surface area contributed by atoms with Crippen LogP contribution in [0.1, 0.15) is 37.9 Å². The predicted molar refractivity (Wildman–Crippen MR) is 121 cm³/mol. The van der Waals surface area contributed by atoms with Crippen molar-refractivity contribution in [2.75, 3.05) is 19.8 Å². The standard InChI is InChI=1S/C24H26N2O7/c1-4-32-19-7-5-6-17(14-19)21-20(22(27)16-8-10-18(11-9-16)26(30)31)23(28)24(29)25(21)12-13-33-15(2)3/h5-11,14-15,21,27H,4,12-13H2,1-3H3/b22-20+. The van der Waals surface area contributed by atoms with Crippen LogP contribution in [0.2, 0.25) is 0 Å². The van der Waals surface area contributed by atoms with E-state index >= 15 is 0 Å². The maximum absolute atomic E-state index is 13.0. The van der Waals surface area contributed by atoms with Gasteiger partial charge in [0.15, 0.2) is 0 Å². The Bertz CT molecular complexity index is 1080. The number of nitrogens with zero attached hydrogens (tertiary/aromatic N) is 2. The second-order valence-electron chi connectivity index (χ2n) is 7.72. The minimum absolute atomic E-state index is 0.0540. The molecule has 0 spiro atoms. The zero-order chi connectivity index (χ0) is 24.1. The van der Waals surface area contributed by atoms with Crippen molar-refractivity contribution in [1.29, 1.82) is 0 Å². The summed E-state index contributed by atoms with van der Waals surface area (Å²) in [5.41, 5.74) is 0.544. The zero-order valence-corrected chi connectivity index (χ0v) is 18.7. The summed E-state index contributed by atoms with van der Waals surface area (Å²) in [6.45, 7) is 6.37. The molecule has 0 saturated carbocycles. The first-order valence-electron chi connectivity index (χ1n) is 10.6. The third-order valence-corrected chi connectivity index (χ3v) is 5.16. The maximum atomic E-state index is 13.0. The Morgan fingerprint density at radius 3 is 2.48 bits per heavy atom. The highest BCUT2D eigenvalue weighted by molar-refractivity contribution is 6.46. The molecule has 1 atom stereocenters. The van der Waals surface area contributed by atoms with Crippen LogP contribution in [-0.4, -0.2) is 52.5 Å². The van der Waals surface area contributed by atoms with Gasteiger partial charge >= 0.3 is 0 Å². The molecule has 1 fully saturated rings. The number of carbonyl (C=O) groups is 2. The van der Waals surface area contributed by atoms with Gasteiger partial charge in [-0.05, 0) is 50.6 Å². The van der Waals surface area contributed by atoms with E-state index in [1.165, 1.54) is 29.2 Å². The topological polar surface area (TPSA) is 119 Å². The summed E-state index contributed by atoms with van der Waals surface area (Å²) in [4.78, 5) is 37.7. The molecular formula is C24H26N2O7. The van der Waals surface area contributed by atoms with E-state index in [2.05, 4.69) is 0 Å². The van der Waals surface area contributed by atoms with Gasteiger partial charge in [-0.1, -0.05) is 12.1 Å². The van der Waals surface area contributed by atoms with Crippen LogP contribution >= 0.6 is 0 Å². The third-order valence-electron chi connectivity index (χ3n) is 5.16. The smallest absolute Gasteiger partial charge is 0.295 e. The van der Waals surface area contributed by atoms with Crippen molar-refractivity contribution in [1.82, 2.24) is 4.90 Å². The van der Waals surface area contributed by atoms with Crippen LogP contribution in [-0.2, 0) is 14.3 Å². The number of hydrogen-bond acceptors (Lipinski definition) is 7. The molecule has 0 bridgehead atoms. The highest BCUT2D eigenvalue weighted by atomic mass is 16.6. The van der Waals surface area contributed by atoms with E-state index in [-0.39, 0.29) is 36.1 Å². The monoisotopic (exact) mass is 454 g/mol. The Kier molecular flexibility index (Phi) is 7.44. The molecule has 1 aliphatic heterocycles. The van der Waals surface area contributed by atoms with E-state index in [0.717, 1.165) is 0 Å². The molecule has 0 aromatic heterocycles. The van der Waals surface area contributed by atoms with Gasteiger partial charge in [-0.2, -0.15) is 0 Å². The number of ether oxygens (including phenoxy) is 2. The highest BCUT2D eigenvalue weighted by Gasteiger charge is 2.46. The van der Waals surface area contributed by atoms with Crippen molar-refractivity contribution >= 4 is 23.1 Å². The number of benzene rings is 2. The van der Waals surface area contributed by atoms with Crippen molar-refractivity contribution in [3.8, 4) is 5.75 Å². The lowest BCUT2D eigenvalue weighted by Gasteiger charge is -2.26. The van der Waals surface area contributed by atoms with E-state index in [0.29, 0.717) is 17.9 Å². The average molecular weight is 454 g/mol. The van der Waals surface area contributed by atoms with Crippen LogP contribution < -0.4 is 4.74 Å². The maximum Gasteiger partial charge on any atom is 0.295 e. The van der Waals surface area contributed by atoms with Gasteiger partial charge in [-0.3, -0.25) is 19.7 Å². The Labute approximate surface area is 191 Å². The predicted octanol–water partition coefficient (Wildman–Crippen LogP) is 3.84. The second kappa shape index (κ2) is 10.3. The molecule has 1 amide bonds. The summed E-state index contributed by atoms with van der Waals surface area (Å²) in [5, 5.41) is 22.0. The van der Waals surface area contributed by atoms with Crippen LogP contribution in [0.25, 0.3) is 5.76 Å². The number of carbonyl (C=O) groups excluding carboxylic acids is 2. The van der Waals surface area contributed by atoms with Gasteiger partial charge in [0.05, 0.1) is 35.9 Å². The summed E-state index contributed by atoms with van der Waals surface area (Å²) in [5.74, 6) is -1.42. The van der Waals surface area contributed by atoms with Crippen LogP contribution in [0, 0.1) is 10.1 Å². The summed E-state index contributed by atoms with van der Waals surface area (Å²) in [6.07, 6.45) is -0.0540. The van der Waals surface area contributed by atoms with E-state index < -0.39 is 28.4 Å². The summed E-state index contributed by atoms with van der Waals surface area (Å²) < 4.78 is 11.1. The Morgan fingerprint density at radius 1 is 1.18 bits per heavy atom. The number of aliphatic hydroxyl groups is 1. The van der Waals surface area contributed by atoms with E-state index in [1.54, 1.807) is 24.3 Å². The highest BCUT2D eigenvalue weighted by Crippen LogP contribution is 2.40. The van der Waals surface area contributed by atoms with Gasteiger partial charge < -0.3 is 19.5 Å². The zero-order valence-electron chi connectivity index (χ0n) is 18.7. The summed E-state index contributed by atoms with van der Waals surface area (Å²) >= 11 is 0. The first-order chi connectivity index (χ1) is 15.7. The lowest BCUT2D eigenvalue weighted by atomic mass is 9.95. The van der Waals surface area contributed by atoms with Crippen molar-refractivity contribution < 1.29 is 29.1 Å². The first-order valence-corrected chi connectivity index (χ1v) is 10.6. The number of non-ortho nitro benzene ring substituents is 1. The van der Waals surface area contributed by atoms with Gasteiger partial charge in [0.1, 0.15) is 11.5 Å². The van der Waals surface area contributed by atoms with E-state index in [4.69, 9.17) is 9.47 Å². The quantitative estimate of drug-likeness (QED) is 0.201. The molecule has 33 heavy (non-hydrogen) atoms. The fraction of sp³-hybridized carbons (Fsp3) is 0.333. The normalized spacial score (nSPS) is 17.6. The van der Waals surface area contributed by atoms with Crippen molar-refractivity contribution in [2.45, 2.75) is 32.9 Å². The molecule has 0 aliphatic carbocycles. The molecule has 9 heteroatoms. The molecule has 2 aromatic rings. The third kappa shape index (κ3) is 5.20. The molecule has 1 aliphatic rings. The number of hydrogen-bond donors (Lipinski definition) is 1. The van der Waals surface area contributed by atoms with Gasteiger partial charge in [0.25, 0.3) is 17.4 Å². The number of aliphatic hydroxyl groups excluding tert-OH is 1. The minimum atomic E-state index is -0.864. The van der Waals surface area contributed by atoms with Crippen LogP contribution in [0.15, 0.2) is 54.1 Å². The Morgan fingerprint density at radius 2 is 1.88 bits per heavy atom. The molecule has 1 unspecified atom stereocenters. The van der Waals surface area contributed by atoms with Crippen LogP contribution in [0.4, 0.5) is 5.69 Å². The summed E-state index contributed by atoms with van der Waals surface area (Å²) in [6, 6.07) is 11.3. The van der Waals surface area contributed by atoms with Crippen LogP contribution in [0.5, 0.6) is 5.75 Å². The van der Waals surface area contributed by atoms with Gasteiger partial charge in [0, 0.05) is 24.2 Å². The Balaban J connectivity index is 2.09. The van der Waals surface area contributed by atoms with E-state index in [1.807, 2.05) is 20.8 Å². The lowest BCUT2D eigenvalue weighted by molar-refractivity contribution is -0.384. The largest absolute Gasteiger partial charge is 0.507 e. The van der Waals surface area contributed by atoms with Gasteiger partial charge in [-0.15, -0.1) is 0 Å². The molecule has 174 valence electrons. The summed E-state index contributed by atoms with van der Waals surface area (Å²) in [7, 11) is 0. The number of likely N-dealkylation sites (tertiary alicyclic amines) is 1. The molecule has 9 nitrogen and oxygen atoms in total. The number of Topliss-reactive ketones (excluding diaryl/α,β-unsaturated/α-hetero) is 1. The van der Waals surface area contributed by atoms with E-state index in [9.17, 15) is 24.8 Å². The molecule has 2 aromatic carbocycles. The Hall–Kier alpha value is -3.72. The lowest BCUT2D eigenvalue weighted by Crippen LogP contribution is -2.33. The van der Waals surface area contributed by atoms with Crippen molar-refractivity contribution in [3.63, 3.8) is 0 Å². The van der Waals surface area contributed by atoms with Gasteiger partial charge in [0.2, 0.25) is 0 Å². The van der Waals surface area contributed by atoms with Crippen molar-refractivity contribution in [2.24, 2.45) is 0 Å². The molecule has 3 rings (SSSR count). The molecule has 0 radical (unpaired) electrons. The molecule has 1 N–H and O–H groups in total. The van der Waals surface area contributed by atoms with Gasteiger partial charge in [-0.25, -0.2) is 0 Å². The fourth-order valence-electron chi connectivity index (χ4n) is 3.68. The number of nitro benzene ring substituents is 1. The minimum Gasteiger partial charge on any atom is -0.507 e. The SMILES string of the molecule is CCOc1cccc(C2/C(=C(\O)c3ccc([N+](=O)[O-])cc3)C(=O)C(=O)N2CCOC(C)C)c1.